The summed E-state index contributed by atoms with van der Waals surface area (Å²) in [4.78, 5) is 33.1. The molecule has 1 aliphatic heterocycles. The summed E-state index contributed by atoms with van der Waals surface area (Å²) in [5.74, 6) is 0.221. The number of aromatic nitrogens is 3. The number of pyridine rings is 1. The largest absolute Gasteiger partial charge is 0.444 e. The number of H-pyrrole nitrogens is 1. The summed E-state index contributed by atoms with van der Waals surface area (Å²) in [6.07, 6.45) is 3.13. The van der Waals surface area contributed by atoms with E-state index in [2.05, 4.69) is 25.4 Å². The van der Waals surface area contributed by atoms with Gasteiger partial charge in [-0.2, -0.15) is 5.10 Å². The molecule has 2 amide bonds. The first-order chi connectivity index (χ1) is 14.8. The summed E-state index contributed by atoms with van der Waals surface area (Å²) in [6, 6.07) is 9.16. The van der Waals surface area contributed by atoms with Crippen LogP contribution in [0, 0.1) is 0 Å². The van der Waals surface area contributed by atoms with E-state index in [1.54, 1.807) is 29.4 Å². The summed E-state index contributed by atoms with van der Waals surface area (Å²) in [6.45, 7) is 8.14. The number of rotatable bonds is 3. The predicted molar refractivity (Wildman–Crippen MR) is 118 cm³/mol. The van der Waals surface area contributed by atoms with Crippen LogP contribution in [0.4, 0.5) is 16.3 Å². The molecule has 0 radical (unpaired) electrons. The van der Waals surface area contributed by atoms with E-state index in [0.717, 1.165) is 11.1 Å². The van der Waals surface area contributed by atoms with Gasteiger partial charge in [0.1, 0.15) is 11.4 Å². The second-order valence-electron chi connectivity index (χ2n) is 8.45. The van der Waals surface area contributed by atoms with Crippen molar-refractivity contribution in [1.82, 2.24) is 20.1 Å². The third kappa shape index (κ3) is 4.76. The fourth-order valence-electron chi connectivity index (χ4n) is 3.46. The number of para-hydroxylation sites is 1. The minimum absolute atomic E-state index is 0.249. The molecule has 0 aliphatic carbocycles. The van der Waals surface area contributed by atoms with Crippen molar-refractivity contribution in [3.05, 3.63) is 48.3 Å². The Morgan fingerprint density at radius 3 is 2.52 bits per heavy atom. The summed E-state index contributed by atoms with van der Waals surface area (Å²) in [7, 11) is 0. The van der Waals surface area contributed by atoms with Gasteiger partial charge in [0.25, 0.3) is 5.91 Å². The van der Waals surface area contributed by atoms with Gasteiger partial charge in [-0.15, -0.1) is 0 Å². The monoisotopic (exact) mass is 422 g/mol. The maximum atomic E-state index is 12.7. The molecule has 3 aromatic rings. The average Bonchev–Trinajstić information content (AvgIpc) is 3.22. The molecule has 1 aliphatic rings. The number of carbonyl (C=O) groups is 2. The third-order valence-corrected chi connectivity index (χ3v) is 5.01. The fourth-order valence-corrected chi connectivity index (χ4v) is 3.46. The molecule has 1 fully saturated rings. The van der Waals surface area contributed by atoms with Crippen LogP contribution in [0.3, 0.4) is 0 Å². The molecule has 0 atom stereocenters. The topological polar surface area (TPSA) is 103 Å². The first-order valence-corrected chi connectivity index (χ1v) is 10.2. The Bertz CT molecular complexity index is 1080. The van der Waals surface area contributed by atoms with Crippen molar-refractivity contribution < 1.29 is 14.3 Å². The van der Waals surface area contributed by atoms with Crippen LogP contribution in [0.25, 0.3) is 10.9 Å². The Morgan fingerprint density at radius 1 is 1.06 bits per heavy atom. The minimum atomic E-state index is -0.499. The van der Waals surface area contributed by atoms with E-state index >= 15 is 0 Å². The van der Waals surface area contributed by atoms with Crippen LogP contribution in [-0.4, -0.2) is 63.9 Å². The Morgan fingerprint density at radius 2 is 1.84 bits per heavy atom. The lowest BCUT2D eigenvalue weighted by Gasteiger charge is -2.36. The van der Waals surface area contributed by atoms with Gasteiger partial charge < -0.3 is 19.9 Å². The molecule has 0 bridgehead atoms. The highest BCUT2D eigenvalue weighted by Gasteiger charge is 2.26. The molecule has 4 rings (SSSR count). The quantitative estimate of drug-likeness (QED) is 0.671. The van der Waals surface area contributed by atoms with Crippen molar-refractivity contribution in [2.24, 2.45) is 0 Å². The third-order valence-electron chi connectivity index (χ3n) is 5.01. The molecule has 3 heterocycles. The maximum absolute atomic E-state index is 12.7. The van der Waals surface area contributed by atoms with E-state index in [9.17, 15) is 9.59 Å². The van der Waals surface area contributed by atoms with E-state index in [1.807, 2.05) is 39.0 Å². The van der Waals surface area contributed by atoms with Gasteiger partial charge in [0.05, 0.1) is 29.2 Å². The van der Waals surface area contributed by atoms with Crippen molar-refractivity contribution in [1.29, 1.82) is 0 Å². The Hall–Kier alpha value is -3.62. The van der Waals surface area contributed by atoms with Crippen LogP contribution in [0.5, 0.6) is 0 Å². The number of benzene rings is 1. The predicted octanol–water partition coefficient (Wildman–Crippen LogP) is 3.27. The second-order valence-corrected chi connectivity index (χ2v) is 8.45. The van der Waals surface area contributed by atoms with E-state index in [4.69, 9.17) is 4.74 Å². The van der Waals surface area contributed by atoms with Gasteiger partial charge in [-0.25, -0.2) is 9.78 Å². The summed E-state index contributed by atoms with van der Waals surface area (Å²) < 4.78 is 5.44. The first-order valence-electron chi connectivity index (χ1n) is 10.2. The lowest BCUT2D eigenvalue weighted by atomic mass is 10.1. The zero-order chi connectivity index (χ0) is 22.0. The molecular weight excluding hydrogens is 396 g/mol. The Kier molecular flexibility index (Phi) is 5.50. The number of nitrogens with one attached hydrogen (secondary N) is 2. The first kappa shape index (κ1) is 20.6. The number of nitrogens with zero attached hydrogens (tertiary/aromatic N) is 4. The summed E-state index contributed by atoms with van der Waals surface area (Å²) >= 11 is 0. The van der Waals surface area contributed by atoms with Crippen LogP contribution in [0.1, 0.15) is 31.1 Å². The average molecular weight is 422 g/mol. The van der Waals surface area contributed by atoms with E-state index in [-0.39, 0.29) is 12.0 Å². The number of hydrogen-bond donors (Lipinski definition) is 2. The van der Waals surface area contributed by atoms with Gasteiger partial charge in [-0.05, 0) is 39.0 Å². The lowest BCUT2D eigenvalue weighted by Crippen LogP contribution is -2.50. The number of anilines is 2. The molecule has 9 heteroatoms. The van der Waals surface area contributed by atoms with Gasteiger partial charge in [0.2, 0.25) is 0 Å². The number of ether oxygens (including phenoxy) is 1. The standard InChI is InChI=1S/C22H26N6O3/c1-22(2,3)31-21(30)28-11-9-27(10-12-28)16-7-8-18(23-14-16)25-20(29)17-6-4-5-15-13-24-26-19(15)17/h4-8,13-14H,9-12H2,1-3H3,(H,24,26)(H,23,25,29). The molecule has 2 aromatic heterocycles. The molecular formula is C22H26N6O3. The van der Waals surface area contributed by atoms with Gasteiger partial charge in [0.15, 0.2) is 0 Å². The summed E-state index contributed by atoms with van der Waals surface area (Å²) in [5.41, 5.74) is 1.65. The normalized spacial score (nSPS) is 14.5. The molecule has 0 saturated carbocycles. The number of fused-ring (bicyclic) bond motifs is 1. The number of aromatic amines is 1. The van der Waals surface area contributed by atoms with Crippen molar-refractivity contribution >= 4 is 34.4 Å². The number of piperazine rings is 1. The molecule has 1 aromatic carbocycles. The van der Waals surface area contributed by atoms with Crippen molar-refractivity contribution in [3.63, 3.8) is 0 Å². The van der Waals surface area contributed by atoms with E-state index in [0.29, 0.717) is 43.1 Å². The molecule has 2 N–H and O–H groups in total. The molecule has 9 nitrogen and oxygen atoms in total. The van der Waals surface area contributed by atoms with Crippen LogP contribution >= 0.6 is 0 Å². The van der Waals surface area contributed by atoms with Crippen LogP contribution in [0.2, 0.25) is 0 Å². The molecule has 31 heavy (non-hydrogen) atoms. The number of hydrogen-bond acceptors (Lipinski definition) is 6. The minimum Gasteiger partial charge on any atom is -0.444 e. The summed E-state index contributed by atoms with van der Waals surface area (Å²) in [5, 5.41) is 10.6. The maximum Gasteiger partial charge on any atom is 0.410 e. The van der Waals surface area contributed by atoms with Crippen LogP contribution in [0.15, 0.2) is 42.7 Å². The smallest absolute Gasteiger partial charge is 0.410 e. The molecule has 162 valence electrons. The van der Waals surface area contributed by atoms with E-state index < -0.39 is 5.60 Å². The van der Waals surface area contributed by atoms with E-state index in [1.165, 1.54) is 0 Å². The molecule has 0 unspecified atom stereocenters. The molecule has 0 spiro atoms. The van der Waals surface area contributed by atoms with Crippen molar-refractivity contribution in [3.8, 4) is 0 Å². The highest BCUT2D eigenvalue weighted by Crippen LogP contribution is 2.20. The Labute approximate surface area is 180 Å². The van der Waals surface area contributed by atoms with Crippen molar-refractivity contribution in [2.45, 2.75) is 26.4 Å². The Balaban J connectivity index is 1.35. The van der Waals surface area contributed by atoms with Gasteiger partial charge in [-0.1, -0.05) is 12.1 Å². The van der Waals surface area contributed by atoms with Crippen molar-refractivity contribution in [2.75, 3.05) is 36.4 Å². The fraction of sp³-hybridized carbons (Fsp3) is 0.364. The highest BCUT2D eigenvalue weighted by atomic mass is 16.6. The van der Waals surface area contributed by atoms with Gasteiger partial charge >= 0.3 is 6.09 Å². The molecule has 1 saturated heterocycles. The lowest BCUT2D eigenvalue weighted by molar-refractivity contribution is 0.0240. The number of amides is 2. The second kappa shape index (κ2) is 8.25. The zero-order valence-corrected chi connectivity index (χ0v) is 17.9. The highest BCUT2D eigenvalue weighted by molar-refractivity contribution is 6.11. The van der Waals surface area contributed by atoms with Gasteiger partial charge in [-0.3, -0.25) is 9.89 Å². The van der Waals surface area contributed by atoms with Gasteiger partial charge in [0, 0.05) is 31.6 Å². The van der Waals surface area contributed by atoms with Crippen LogP contribution in [-0.2, 0) is 4.74 Å². The SMILES string of the molecule is CC(C)(C)OC(=O)N1CCN(c2ccc(NC(=O)c3cccc4cn[nH]c34)nc2)CC1. The van der Waals surface area contributed by atoms with Crippen LogP contribution < -0.4 is 10.2 Å². The number of carbonyl (C=O) groups excluding carboxylic acids is 2. The zero-order valence-electron chi connectivity index (χ0n) is 17.9.